The van der Waals surface area contributed by atoms with E-state index in [1.807, 2.05) is 0 Å². The maximum atomic E-state index is 12.5. The molecule has 0 aliphatic carbocycles. The number of sulfonamides is 1. The maximum Gasteiger partial charge on any atom is 0.243 e. The molecular weight excluding hydrogens is 385 g/mol. The number of carbonyl (C=O) groups is 1. The summed E-state index contributed by atoms with van der Waals surface area (Å²) < 4.78 is 27.4. The molecule has 1 aliphatic heterocycles. The van der Waals surface area contributed by atoms with Crippen molar-refractivity contribution in [2.24, 2.45) is 0 Å². The van der Waals surface area contributed by atoms with Crippen LogP contribution in [-0.4, -0.2) is 25.9 Å². The molecule has 6 nitrogen and oxygen atoms in total. The Balaban J connectivity index is 1.78. The van der Waals surface area contributed by atoms with Crippen LogP contribution < -0.4 is 9.62 Å². The van der Waals surface area contributed by atoms with Gasteiger partial charge in [-0.2, -0.15) is 0 Å². The van der Waals surface area contributed by atoms with Gasteiger partial charge in [0.25, 0.3) is 0 Å². The minimum Gasteiger partial charge on any atom is -0.311 e. The number of nitrogens with zero attached hydrogens (tertiary/aromatic N) is 2. The second-order valence-electron chi connectivity index (χ2n) is 5.58. The molecule has 1 amide bonds. The highest BCUT2D eigenvalue weighted by atomic mass is 35.5. The highest BCUT2D eigenvalue weighted by Gasteiger charge is 2.23. The molecule has 1 saturated heterocycles. The van der Waals surface area contributed by atoms with E-state index in [1.54, 1.807) is 29.4 Å². The molecule has 1 fully saturated rings. The number of carbonyl (C=O) groups excluding carboxylic acids is 1. The van der Waals surface area contributed by atoms with Crippen molar-refractivity contribution < 1.29 is 13.2 Å². The van der Waals surface area contributed by atoms with Crippen LogP contribution in [0.2, 0.25) is 10.0 Å². The number of anilines is 1. The van der Waals surface area contributed by atoms with Crippen LogP contribution in [-0.2, 0) is 21.4 Å². The minimum absolute atomic E-state index is 0.00670. The van der Waals surface area contributed by atoms with Crippen LogP contribution in [0.15, 0.2) is 41.6 Å². The van der Waals surface area contributed by atoms with E-state index in [9.17, 15) is 13.2 Å². The van der Waals surface area contributed by atoms with Gasteiger partial charge >= 0.3 is 0 Å². The molecule has 1 aromatic carbocycles. The molecule has 0 radical (unpaired) electrons. The van der Waals surface area contributed by atoms with Crippen molar-refractivity contribution in [2.45, 2.75) is 24.3 Å². The van der Waals surface area contributed by atoms with Gasteiger partial charge in [-0.3, -0.25) is 9.78 Å². The Hall–Kier alpha value is -1.67. The zero-order valence-electron chi connectivity index (χ0n) is 13.1. The first-order valence-electron chi connectivity index (χ1n) is 7.56. The molecule has 0 saturated carbocycles. The zero-order chi connectivity index (χ0) is 18.0. The fourth-order valence-corrected chi connectivity index (χ4v) is 4.79. The van der Waals surface area contributed by atoms with Gasteiger partial charge < -0.3 is 4.90 Å². The molecule has 2 aromatic rings. The molecule has 3 rings (SSSR count). The summed E-state index contributed by atoms with van der Waals surface area (Å²) in [7, 11) is -3.88. The Labute approximate surface area is 155 Å². The quantitative estimate of drug-likeness (QED) is 0.837. The van der Waals surface area contributed by atoms with E-state index in [2.05, 4.69) is 9.71 Å². The summed E-state index contributed by atoms with van der Waals surface area (Å²) in [5, 5.41) is 0.101. The Kier molecular flexibility index (Phi) is 5.29. The second-order valence-corrected chi connectivity index (χ2v) is 8.09. The van der Waals surface area contributed by atoms with Crippen LogP contribution in [0.1, 0.15) is 18.4 Å². The fourth-order valence-electron chi connectivity index (χ4n) is 2.63. The summed E-state index contributed by atoms with van der Waals surface area (Å²) in [6.45, 7) is 0.650. The van der Waals surface area contributed by atoms with E-state index < -0.39 is 10.0 Å². The van der Waals surface area contributed by atoms with Crippen LogP contribution >= 0.6 is 23.2 Å². The zero-order valence-corrected chi connectivity index (χ0v) is 15.4. The van der Waals surface area contributed by atoms with E-state index in [0.29, 0.717) is 24.2 Å². The number of nitrogens with one attached hydrogen (secondary N) is 1. The van der Waals surface area contributed by atoms with Crippen LogP contribution in [0.4, 0.5) is 5.69 Å². The molecule has 0 atom stereocenters. The minimum atomic E-state index is -3.88. The van der Waals surface area contributed by atoms with Crippen LogP contribution in [0.3, 0.4) is 0 Å². The van der Waals surface area contributed by atoms with Gasteiger partial charge in [-0.05, 0) is 30.2 Å². The average Bonchev–Trinajstić information content (AvgIpc) is 2.99. The summed E-state index contributed by atoms with van der Waals surface area (Å²) in [5.41, 5.74) is 1.29. The fraction of sp³-hybridized carbons (Fsp3) is 0.250. The number of aromatic nitrogens is 1. The number of hydrogen-bond donors (Lipinski definition) is 1. The summed E-state index contributed by atoms with van der Waals surface area (Å²) in [4.78, 5) is 17.4. The lowest BCUT2D eigenvalue weighted by Gasteiger charge is -2.16. The predicted molar refractivity (Wildman–Crippen MR) is 96.3 cm³/mol. The molecular formula is C16H15Cl2N3O3S. The summed E-state index contributed by atoms with van der Waals surface area (Å²) in [5.74, 6) is 0.0439. The average molecular weight is 400 g/mol. The van der Waals surface area contributed by atoms with E-state index >= 15 is 0 Å². The predicted octanol–water partition coefficient (Wildman–Crippen LogP) is 2.99. The lowest BCUT2D eigenvalue weighted by Crippen LogP contribution is -2.25. The molecule has 0 bridgehead atoms. The number of halogens is 2. The van der Waals surface area contributed by atoms with Gasteiger partial charge in [0.15, 0.2) is 0 Å². The highest BCUT2D eigenvalue weighted by molar-refractivity contribution is 7.89. The van der Waals surface area contributed by atoms with Crippen LogP contribution in [0.25, 0.3) is 0 Å². The molecule has 1 aliphatic rings. The molecule has 0 spiro atoms. The van der Waals surface area contributed by atoms with Gasteiger partial charge in [0.2, 0.25) is 15.9 Å². The lowest BCUT2D eigenvalue weighted by molar-refractivity contribution is -0.117. The molecule has 2 heterocycles. The van der Waals surface area contributed by atoms with E-state index in [1.165, 1.54) is 12.1 Å². The third-order valence-corrected chi connectivity index (χ3v) is 6.18. The van der Waals surface area contributed by atoms with E-state index in [4.69, 9.17) is 23.2 Å². The number of rotatable bonds is 5. The van der Waals surface area contributed by atoms with Crippen LogP contribution in [0, 0.1) is 0 Å². The molecule has 0 unspecified atom stereocenters. The molecule has 132 valence electrons. The Morgan fingerprint density at radius 1 is 1.20 bits per heavy atom. The van der Waals surface area contributed by atoms with Gasteiger partial charge in [-0.25, -0.2) is 13.1 Å². The van der Waals surface area contributed by atoms with Gasteiger partial charge in [0.1, 0.15) is 4.90 Å². The largest absolute Gasteiger partial charge is 0.311 e. The van der Waals surface area contributed by atoms with Gasteiger partial charge in [-0.15, -0.1) is 0 Å². The molecule has 9 heteroatoms. The Morgan fingerprint density at radius 3 is 2.56 bits per heavy atom. The number of benzene rings is 1. The molecule has 25 heavy (non-hydrogen) atoms. The topological polar surface area (TPSA) is 79.4 Å². The first-order valence-corrected chi connectivity index (χ1v) is 9.80. The first-order chi connectivity index (χ1) is 11.9. The van der Waals surface area contributed by atoms with Crippen LogP contribution in [0.5, 0.6) is 0 Å². The maximum absolute atomic E-state index is 12.5. The highest BCUT2D eigenvalue weighted by Crippen LogP contribution is 2.29. The van der Waals surface area contributed by atoms with E-state index in [-0.39, 0.29) is 27.4 Å². The van der Waals surface area contributed by atoms with Crippen molar-refractivity contribution >= 4 is 44.8 Å². The van der Waals surface area contributed by atoms with Crippen molar-refractivity contribution in [3.05, 3.63) is 52.3 Å². The summed E-state index contributed by atoms with van der Waals surface area (Å²) in [6.07, 6.45) is 4.45. The smallest absolute Gasteiger partial charge is 0.243 e. The van der Waals surface area contributed by atoms with Crippen molar-refractivity contribution in [3.8, 4) is 0 Å². The molecule has 1 N–H and O–H groups in total. The van der Waals surface area contributed by atoms with Gasteiger partial charge in [-0.1, -0.05) is 29.3 Å². The Morgan fingerprint density at radius 2 is 1.92 bits per heavy atom. The normalized spacial score (nSPS) is 15.0. The van der Waals surface area contributed by atoms with Crippen molar-refractivity contribution in [2.75, 3.05) is 11.4 Å². The Bertz CT molecular complexity index is 898. The van der Waals surface area contributed by atoms with Crippen molar-refractivity contribution in [1.82, 2.24) is 9.71 Å². The third kappa shape index (κ3) is 3.95. The summed E-state index contributed by atoms with van der Waals surface area (Å²) >= 11 is 11.9. The van der Waals surface area contributed by atoms with Gasteiger partial charge in [0, 0.05) is 25.7 Å². The second kappa shape index (κ2) is 7.29. The SMILES string of the molecule is O=C1CCCN1c1cncc(CNS(=O)(=O)c2c(Cl)cccc2Cl)c1. The standard InChI is InChI=1S/C16H15Cl2N3O3S/c17-13-3-1-4-14(18)16(13)25(23,24)20-9-11-7-12(10-19-8-11)21-6-2-5-15(21)22/h1,3-4,7-8,10,20H,2,5-6,9H2. The van der Waals surface area contributed by atoms with Gasteiger partial charge in [0.05, 0.1) is 21.9 Å². The van der Waals surface area contributed by atoms with E-state index in [0.717, 1.165) is 6.42 Å². The van der Waals surface area contributed by atoms with Crippen molar-refractivity contribution in [1.29, 1.82) is 0 Å². The van der Waals surface area contributed by atoms with Crippen molar-refractivity contribution in [3.63, 3.8) is 0 Å². The molecule has 1 aromatic heterocycles. The monoisotopic (exact) mass is 399 g/mol. The number of pyridine rings is 1. The summed E-state index contributed by atoms with van der Waals surface area (Å²) in [6, 6.07) is 6.24. The third-order valence-electron chi connectivity index (χ3n) is 3.82. The lowest BCUT2D eigenvalue weighted by atomic mass is 10.2. The number of amides is 1. The first kappa shape index (κ1) is 18.1. The number of hydrogen-bond acceptors (Lipinski definition) is 4.